The number of nitrogens with one attached hydrogen (secondary N) is 1. The summed E-state index contributed by atoms with van der Waals surface area (Å²) in [6.07, 6.45) is 3.41. The minimum Gasteiger partial charge on any atom is -0.381 e. The van der Waals surface area contributed by atoms with Gasteiger partial charge in [-0.3, -0.25) is 0 Å². The summed E-state index contributed by atoms with van der Waals surface area (Å²) in [7, 11) is 0. The minimum absolute atomic E-state index is 0.0197. The molecule has 1 N–H and O–H groups in total. The quantitative estimate of drug-likeness (QED) is 0.764. The van der Waals surface area contributed by atoms with Gasteiger partial charge in [0, 0.05) is 30.6 Å². The first-order valence-corrected chi connectivity index (χ1v) is 8.96. The molecule has 4 rings (SSSR count). The van der Waals surface area contributed by atoms with Crippen LogP contribution in [0, 0.1) is 12.7 Å². The number of anilines is 1. The minimum atomic E-state index is -0.282. The maximum atomic E-state index is 13.7. The number of rotatable bonds is 4. The van der Waals surface area contributed by atoms with E-state index in [1.807, 2.05) is 0 Å². The monoisotopic (exact) mass is 351 g/mol. The van der Waals surface area contributed by atoms with Gasteiger partial charge in [-0.2, -0.15) is 0 Å². The Morgan fingerprint density at radius 2 is 1.92 bits per heavy atom. The summed E-state index contributed by atoms with van der Waals surface area (Å²) in [5.41, 5.74) is 3.35. The zero-order chi connectivity index (χ0) is 18.0. The highest BCUT2D eigenvalue weighted by Crippen LogP contribution is 2.37. The van der Waals surface area contributed by atoms with Crippen molar-refractivity contribution in [1.29, 1.82) is 0 Å². The fraction of sp³-hybridized carbons (Fsp3) is 0.333. The molecular weight excluding hydrogens is 329 g/mol. The highest BCUT2D eigenvalue weighted by Gasteiger charge is 2.35. The highest BCUT2D eigenvalue weighted by molar-refractivity contribution is 5.88. The zero-order valence-electron chi connectivity index (χ0n) is 14.8. The maximum absolute atomic E-state index is 13.7. The molecule has 0 unspecified atom stereocenters. The number of halogens is 1. The summed E-state index contributed by atoms with van der Waals surface area (Å²) < 4.78 is 19.3. The molecule has 1 saturated heterocycles. The van der Waals surface area contributed by atoms with Gasteiger partial charge in [0.15, 0.2) is 0 Å². The lowest BCUT2D eigenvalue weighted by molar-refractivity contribution is 0.0542. The van der Waals surface area contributed by atoms with Crippen molar-refractivity contribution >= 4 is 16.7 Å². The van der Waals surface area contributed by atoms with Gasteiger partial charge in [-0.25, -0.2) is 14.4 Å². The van der Waals surface area contributed by atoms with Crippen LogP contribution in [0.4, 0.5) is 10.2 Å². The van der Waals surface area contributed by atoms with Crippen molar-refractivity contribution in [3.8, 4) is 0 Å². The number of ether oxygens (including phenoxy) is 1. The maximum Gasteiger partial charge on any atom is 0.137 e. The molecular formula is C21H22FN3O. The van der Waals surface area contributed by atoms with Crippen LogP contribution in [0.15, 0.2) is 48.8 Å². The second-order valence-electron chi connectivity index (χ2n) is 6.94. The van der Waals surface area contributed by atoms with Crippen molar-refractivity contribution in [2.75, 3.05) is 25.1 Å². The van der Waals surface area contributed by atoms with E-state index in [4.69, 9.17) is 4.74 Å². The lowest BCUT2D eigenvalue weighted by atomic mass is 9.72. The second-order valence-corrected chi connectivity index (χ2v) is 6.94. The Morgan fingerprint density at radius 3 is 2.73 bits per heavy atom. The molecule has 1 aromatic heterocycles. The lowest BCUT2D eigenvalue weighted by Crippen LogP contribution is -2.40. The zero-order valence-corrected chi connectivity index (χ0v) is 14.8. The second kappa shape index (κ2) is 7.00. The van der Waals surface area contributed by atoms with Gasteiger partial charge in [-0.15, -0.1) is 0 Å². The average molecular weight is 351 g/mol. The van der Waals surface area contributed by atoms with Gasteiger partial charge in [0.25, 0.3) is 0 Å². The van der Waals surface area contributed by atoms with Crippen molar-refractivity contribution in [3.63, 3.8) is 0 Å². The van der Waals surface area contributed by atoms with Crippen LogP contribution in [-0.4, -0.2) is 29.7 Å². The number of aryl methyl sites for hydroxylation is 1. The summed E-state index contributed by atoms with van der Waals surface area (Å²) in [4.78, 5) is 8.59. The third-order valence-electron chi connectivity index (χ3n) is 5.36. The molecule has 0 amide bonds. The van der Waals surface area contributed by atoms with E-state index < -0.39 is 0 Å². The summed E-state index contributed by atoms with van der Waals surface area (Å²) in [6, 6.07) is 13.1. The van der Waals surface area contributed by atoms with Crippen LogP contribution in [0.25, 0.3) is 10.9 Å². The van der Waals surface area contributed by atoms with Gasteiger partial charge in [0.05, 0.1) is 5.52 Å². The molecule has 1 aliphatic rings. The number of hydrogen-bond donors (Lipinski definition) is 1. The Morgan fingerprint density at radius 1 is 1.12 bits per heavy atom. The summed E-state index contributed by atoms with van der Waals surface area (Å²) in [5.74, 6) is 0.393. The number of aromatic nitrogens is 2. The van der Waals surface area contributed by atoms with Gasteiger partial charge in [-0.1, -0.05) is 24.3 Å². The molecule has 0 radical (unpaired) electrons. The SMILES string of the molecule is Cc1ccccc1C1(CNc2ncnc3ccc(F)cc23)CCOCC1. The van der Waals surface area contributed by atoms with E-state index in [9.17, 15) is 4.39 Å². The molecule has 2 aromatic carbocycles. The van der Waals surface area contributed by atoms with Crippen molar-refractivity contribution in [2.45, 2.75) is 25.2 Å². The Balaban J connectivity index is 1.68. The van der Waals surface area contributed by atoms with Gasteiger partial charge in [0.1, 0.15) is 18.0 Å². The Kier molecular flexibility index (Phi) is 4.55. The number of nitrogens with zero attached hydrogens (tertiary/aromatic N) is 2. The van der Waals surface area contributed by atoms with E-state index in [-0.39, 0.29) is 11.2 Å². The topological polar surface area (TPSA) is 47.0 Å². The molecule has 0 spiro atoms. The van der Waals surface area contributed by atoms with Crippen LogP contribution in [-0.2, 0) is 10.2 Å². The standard InChI is InChI=1S/C21H22FN3O/c1-15-4-2-3-5-18(15)21(8-10-26-11-9-21)13-23-20-17-12-16(22)6-7-19(17)24-14-25-20/h2-7,12,14H,8-11,13H2,1H3,(H,23,24,25). The van der Waals surface area contributed by atoms with Crippen LogP contribution in [0.3, 0.4) is 0 Å². The lowest BCUT2D eigenvalue weighted by Gasteiger charge is -2.39. The van der Waals surface area contributed by atoms with Crippen LogP contribution >= 0.6 is 0 Å². The fourth-order valence-electron chi connectivity index (χ4n) is 3.89. The molecule has 0 aliphatic carbocycles. The van der Waals surface area contributed by atoms with E-state index in [0.29, 0.717) is 11.2 Å². The number of fused-ring (bicyclic) bond motifs is 1. The molecule has 5 heteroatoms. The Hall–Kier alpha value is -2.53. The van der Waals surface area contributed by atoms with Gasteiger partial charge in [-0.05, 0) is 49.1 Å². The molecule has 26 heavy (non-hydrogen) atoms. The summed E-state index contributed by atoms with van der Waals surface area (Å²) >= 11 is 0. The van der Waals surface area contributed by atoms with Crippen LogP contribution in [0.5, 0.6) is 0 Å². The molecule has 134 valence electrons. The summed E-state index contributed by atoms with van der Waals surface area (Å²) in [5, 5.41) is 4.19. The normalized spacial score (nSPS) is 16.5. The molecule has 0 atom stereocenters. The van der Waals surface area contributed by atoms with E-state index in [1.54, 1.807) is 6.07 Å². The predicted molar refractivity (Wildman–Crippen MR) is 101 cm³/mol. The van der Waals surface area contributed by atoms with E-state index in [1.165, 1.54) is 29.6 Å². The third-order valence-corrected chi connectivity index (χ3v) is 5.36. The van der Waals surface area contributed by atoms with E-state index >= 15 is 0 Å². The number of benzene rings is 2. The Labute approximate surface area is 152 Å². The highest BCUT2D eigenvalue weighted by atomic mass is 19.1. The van der Waals surface area contributed by atoms with Crippen LogP contribution < -0.4 is 5.32 Å². The van der Waals surface area contributed by atoms with Crippen LogP contribution in [0.2, 0.25) is 0 Å². The smallest absolute Gasteiger partial charge is 0.137 e. The molecule has 3 aromatic rings. The first-order chi connectivity index (χ1) is 12.7. The first-order valence-electron chi connectivity index (χ1n) is 8.96. The van der Waals surface area contributed by atoms with Crippen molar-refractivity contribution in [2.24, 2.45) is 0 Å². The van der Waals surface area contributed by atoms with Gasteiger partial charge < -0.3 is 10.1 Å². The van der Waals surface area contributed by atoms with Crippen molar-refractivity contribution in [3.05, 3.63) is 65.7 Å². The van der Waals surface area contributed by atoms with Crippen molar-refractivity contribution < 1.29 is 9.13 Å². The number of hydrogen-bond acceptors (Lipinski definition) is 4. The molecule has 1 aliphatic heterocycles. The predicted octanol–water partition coefficient (Wildman–Crippen LogP) is 4.24. The van der Waals surface area contributed by atoms with E-state index in [0.717, 1.165) is 38.1 Å². The molecule has 0 saturated carbocycles. The van der Waals surface area contributed by atoms with Crippen molar-refractivity contribution in [1.82, 2.24) is 9.97 Å². The van der Waals surface area contributed by atoms with Crippen LogP contribution in [0.1, 0.15) is 24.0 Å². The third kappa shape index (κ3) is 3.15. The van der Waals surface area contributed by atoms with Gasteiger partial charge >= 0.3 is 0 Å². The first kappa shape index (κ1) is 16.9. The average Bonchev–Trinajstić information content (AvgIpc) is 2.67. The fourth-order valence-corrected chi connectivity index (χ4v) is 3.89. The molecule has 0 bridgehead atoms. The van der Waals surface area contributed by atoms with E-state index in [2.05, 4.69) is 46.5 Å². The molecule has 4 nitrogen and oxygen atoms in total. The van der Waals surface area contributed by atoms with Gasteiger partial charge in [0.2, 0.25) is 0 Å². The largest absolute Gasteiger partial charge is 0.381 e. The molecule has 1 fully saturated rings. The summed E-state index contributed by atoms with van der Waals surface area (Å²) in [6.45, 7) is 4.37. The Bertz CT molecular complexity index is 922. The molecule has 2 heterocycles.